The first-order valence-corrected chi connectivity index (χ1v) is 6.16. The predicted molar refractivity (Wildman–Crippen MR) is 73.0 cm³/mol. The lowest BCUT2D eigenvalue weighted by Gasteiger charge is -2.09. The number of ether oxygens (including phenoxy) is 1. The van der Waals surface area contributed by atoms with Gasteiger partial charge >= 0.3 is 0 Å². The largest absolute Gasteiger partial charge is 0.457 e. The highest BCUT2D eigenvalue weighted by atomic mass is 16.5. The fraction of sp³-hybridized carbons (Fsp3) is 0.250. The Bertz CT molecular complexity index is 484. The highest BCUT2D eigenvalue weighted by Crippen LogP contribution is 2.24. The summed E-state index contributed by atoms with van der Waals surface area (Å²) in [4.78, 5) is 0. The second-order valence-electron chi connectivity index (χ2n) is 4.63. The normalized spacial score (nSPS) is 10.7. The van der Waals surface area contributed by atoms with E-state index < -0.39 is 0 Å². The van der Waals surface area contributed by atoms with Crippen molar-refractivity contribution in [1.29, 1.82) is 0 Å². The van der Waals surface area contributed by atoms with E-state index in [1.165, 1.54) is 5.56 Å². The van der Waals surface area contributed by atoms with E-state index in [2.05, 4.69) is 26.0 Å². The van der Waals surface area contributed by atoms with E-state index in [4.69, 9.17) is 9.84 Å². The van der Waals surface area contributed by atoms with Crippen LogP contribution in [0.25, 0.3) is 0 Å². The summed E-state index contributed by atoms with van der Waals surface area (Å²) in [7, 11) is 0. The van der Waals surface area contributed by atoms with Crippen LogP contribution in [0, 0.1) is 0 Å². The molecule has 2 aromatic carbocycles. The summed E-state index contributed by atoms with van der Waals surface area (Å²) in [6.07, 6.45) is 0. The van der Waals surface area contributed by atoms with Gasteiger partial charge in [0.15, 0.2) is 0 Å². The number of aliphatic hydroxyl groups is 1. The Hall–Kier alpha value is -1.80. The van der Waals surface area contributed by atoms with Crippen LogP contribution in [0.15, 0.2) is 48.5 Å². The predicted octanol–water partition coefficient (Wildman–Crippen LogP) is 4.09. The van der Waals surface area contributed by atoms with E-state index in [9.17, 15) is 0 Å². The average Bonchev–Trinajstić information content (AvgIpc) is 2.40. The molecule has 0 saturated carbocycles. The van der Waals surface area contributed by atoms with E-state index in [-0.39, 0.29) is 6.61 Å². The fourth-order valence-corrected chi connectivity index (χ4v) is 1.72. The lowest BCUT2D eigenvalue weighted by molar-refractivity contribution is 0.281. The molecule has 0 bridgehead atoms. The van der Waals surface area contributed by atoms with Crippen LogP contribution in [0.1, 0.15) is 30.9 Å². The molecule has 2 rings (SSSR count). The summed E-state index contributed by atoms with van der Waals surface area (Å²) >= 11 is 0. The van der Waals surface area contributed by atoms with E-state index in [1.54, 1.807) is 0 Å². The van der Waals surface area contributed by atoms with E-state index >= 15 is 0 Å². The number of hydrogen-bond acceptors (Lipinski definition) is 2. The Kier molecular flexibility index (Phi) is 4.00. The second kappa shape index (κ2) is 5.69. The molecule has 2 aromatic rings. The van der Waals surface area contributed by atoms with Crippen LogP contribution in [0.3, 0.4) is 0 Å². The lowest BCUT2D eigenvalue weighted by atomic mass is 10.0. The summed E-state index contributed by atoms with van der Waals surface area (Å²) in [6.45, 7) is 4.40. The zero-order valence-electron chi connectivity index (χ0n) is 10.8. The topological polar surface area (TPSA) is 29.5 Å². The van der Waals surface area contributed by atoms with Gasteiger partial charge in [-0.1, -0.05) is 38.1 Å². The van der Waals surface area contributed by atoms with Gasteiger partial charge in [-0.25, -0.2) is 0 Å². The van der Waals surface area contributed by atoms with Crippen LogP contribution >= 0.6 is 0 Å². The number of benzene rings is 2. The Morgan fingerprint density at radius 1 is 0.889 bits per heavy atom. The minimum atomic E-state index is 0.0589. The maximum atomic E-state index is 8.96. The Morgan fingerprint density at radius 2 is 1.39 bits per heavy atom. The molecular formula is C16H18O2. The van der Waals surface area contributed by atoms with Crippen molar-refractivity contribution in [3.05, 3.63) is 59.7 Å². The third-order valence-corrected chi connectivity index (χ3v) is 2.89. The molecule has 0 radical (unpaired) electrons. The van der Waals surface area contributed by atoms with E-state index in [0.717, 1.165) is 17.1 Å². The van der Waals surface area contributed by atoms with Crippen molar-refractivity contribution in [2.75, 3.05) is 0 Å². The van der Waals surface area contributed by atoms with Crippen molar-refractivity contribution >= 4 is 0 Å². The maximum absolute atomic E-state index is 8.96. The SMILES string of the molecule is CC(C)c1ccc(Oc2ccc(CO)cc2)cc1. The van der Waals surface area contributed by atoms with Gasteiger partial charge in [-0.15, -0.1) is 0 Å². The Labute approximate surface area is 108 Å². The maximum Gasteiger partial charge on any atom is 0.127 e. The third kappa shape index (κ3) is 3.11. The number of hydrogen-bond donors (Lipinski definition) is 1. The van der Waals surface area contributed by atoms with Crippen LogP contribution in [0.2, 0.25) is 0 Å². The van der Waals surface area contributed by atoms with Crippen LogP contribution in [0.4, 0.5) is 0 Å². The van der Waals surface area contributed by atoms with Crippen LogP contribution in [0.5, 0.6) is 11.5 Å². The number of rotatable bonds is 4. The van der Waals surface area contributed by atoms with Gasteiger partial charge in [0.05, 0.1) is 6.61 Å². The molecule has 94 valence electrons. The van der Waals surface area contributed by atoms with Crippen LogP contribution in [-0.4, -0.2) is 5.11 Å². The van der Waals surface area contributed by atoms with Crippen molar-refractivity contribution in [2.24, 2.45) is 0 Å². The molecule has 0 aliphatic rings. The lowest BCUT2D eigenvalue weighted by Crippen LogP contribution is -1.89. The van der Waals surface area contributed by atoms with Crippen molar-refractivity contribution in [3.8, 4) is 11.5 Å². The van der Waals surface area contributed by atoms with E-state index in [0.29, 0.717) is 5.92 Å². The van der Waals surface area contributed by atoms with Crippen molar-refractivity contribution < 1.29 is 9.84 Å². The van der Waals surface area contributed by atoms with Gasteiger partial charge < -0.3 is 9.84 Å². The average molecular weight is 242 g/mol. The first-order valence-electron chi connectivity index (χ1n) is 6.16. The first kappa shape index (κ1) is 12.7. The molecule has 0 amide bonds. The smallest absolute Gasteiger partial charge is 0.127 e. The quantitative estimate of drug-likeness (QED) is 0.874. The molecule has 0 aliphatic carbocycles. The third-order valence-electron chi connectivity index (χ3n) is 2.89. The summed E-state index contributed by atoms with van der Waals surface area (Å²) < 4.78 is 5.73. The molecule has 2 heteroatoms. The summed E-state index contributed by atoms with van der Waals surface area (Å²) in [5.74, 6) is 2.14. The molecule has 2 nitrogen and oxygen atoms in total. The van der Waals surface area contributed by atoms with Gasteiger partial charge in [0.25, 0.3) is 0 Å². The molecule has 0 aromatic heterocycles. The molecule has 0 fully saturated rings. The molecule has 18 heavy (non-hydrogen) atoms. The fourth-order valence-electron chi connectivity index (χ4n) is 1.72. The Balaban J connectivity index is 2.08. The monoisotopic (exact) mass is 242 g/mol. The van der Waals surface area contributed by atoms with Gasteiger partial charge in [-0.3, -0.25) is 0 Å². The zero-order chi connectivity index (χ0) is 13.0. The summed E-state index contributed by atoms with van der Waals surface area (Å²) in [5.41, 5.74) is 2.19. The highest BCUT2D eigenvalue weighted by molar-refractivity contribution is 5.35. The molecule has 0 spiro atoms. The van der Waals surface area contributed by atoms with Gasteiger partial charge in [0, 0.05) is 0 Å². The first-order chi connectivity index (χ1) is 8.69. The minimum absolute atomic E-state index is 0.0589. The molecule has 1 N–H and O–H groups in total. The summed E-state index contributed by atoms with van der Waals surface area (Å²) in [6, 6.07) is 15.6. The Morgan fingerprint density at radius 3 is 1.83 bits per heavy atom. The molecular weight excluding hydrogens is 224 g/mol. The van der Waals surface area contributed by atoms with Gasteiger partial charge in [0.2, 0.25) is 0 Å². The zero-order valence-corrected chi connectivity index (χ0v) is 10.8. The van der Waals surface area contributed by atoms with Crippen molar-refractivity contribution in [3.63, 3.8) is 0 Å². The van der Waals surface area contributed by atoms with E-state index in [1.807, 2.05) is 36.4 Å². The van der Waals surface area contributed by atoms with Crippen LogP contribution in [-0.2, 0) is 6.61 Å². The second-order valence-corrected chi connectivity index (χ2v) is 4.63. The summed E-state index contributed by atoms with van der Waals surface area (Å²) in [5, 5.41) is 8.96. The molecule has 0 heterocycles. The molecule has 0 atom stereocenters. The molecule has 0 aliphatic heterocycles. The van der Waals surface area contributed by atoms with Crippen molar-refractivity contribution in [2.45, 2.75) is 26.4 Å². The van der Waals surface area contributed by atoms with Gasteiger partial charge in [0.1, 0.15) is 11.5 Å². The highest BCUT2D eigenvalue weighted by Gasteiger charge is 2.01. The number of aliphatic hydroxyl groups excluding tert-OH is 1. The molecule has 0 saturated heterocycles. The van der Waals surface area contributed by atoms with Gasteiger partial charge in [-0.05, 0) is 41.3 Å². The standard InChI is InChI=1S/C16H18O2/c1-12(2)14-5-9-16(10-6-14)18-15-7-3-13(11-17)4-8-15/h3-10,12,17H,11H2,1-2H3. The van der Waals surface area contributed by atoms with Crippen LogP contribution < -0.4 is 4.74 Å². The van der Waals surface area contributed by atoms with Crippen molar-refractivity contribution in [1.82, 2.24) is 0 Å². The molecule has 0 unspecified atom stereocenters. The van der Waals surface area contributed by atoms with Gasteiger partial charge in [-0.2, -0.15) is 0 Å². The minimum Gasteiger partial charge on any atom is -0.457 e.